The minimum absolute atomic E-state index is 0.301. The van der Waals surface area contributed by atoms with Gasteiger partial charge in [-0.3, -0.25) is 4.79 Å². The lowest BCUT2D eigenvalue weighted by molar-refractivity contribution is -0.151. The third-order valence-corrected chi connectivity index (χ3v) is 3.44. The van der Waals surface area contributed by atoms with E-state index in [1.54, 1.807) is 24.3 Å². The Balaban J connectivity index is 2.46. The Labute approximate surface area is 93.0 Å². The van der Waals surface area contributed by atoms with Gasteiger partial charge >= 0.3 is 5.97 Å². The van der Waals surface area contributed by atoms with Gasteiger partial charge in [-0.1, -0.05) is 24.3 Å². The number of hydrogen-bond donors (Lipinski definition) is 0. The van der Waals surface area contributed by atoms with Gasteiger partial charge in [0.2, 0.25) is 0 Å². The minimum Gasteiger partial charge on any atom is -0.469 e. The molecule has 3 aliphatic rings. The van der Waals surface area contributed by atoms with Crippen LogP contribution in [-0.2, 0) is 19.1 Å². The maximum Gasteiger partial charge on any atom is 0.310 e. The van der Waals surface area contributed by atoms with E-state index in [2.05, 4.69) is 4.74 Å². The van der Waals surface area contributed by atoms with E-state index in [1.807, 2.05) is 0 Å². The topological polar surface area (TPSA) is 60.4 Å². The maximum atomic E-state index is 11.6. The van der Waals surface area contributed by atoms with Crippen molar-refractivity contribution >= 4 is 18.5 Å². The number of rotatable bonds is 3. The largest absolute Gasteiger partial charge is 0.469 e. The predicted molar refractivity (Wildman–Crippen MR) is 55.4 cm³/mol. The highest BCUT2D eigenvalue weighted by atomic mass is 16.5. The van der Waals surface area contributed by atoms with E-state index in [4.69, 9.17) is 0 Å². The Morgan fingerprint density at radius 3 is 2.31 bits per heavy atom. The average Bonchev–Trinajstić information content (AvgIpc) is 2.39. The van der Waals surface area contributed by atoms with Crippen molar-refractivity contribution in [1.29, 1.82) is 0 Å². The first-order valence-corrected chi connectivity index (χ1v) is 5.03. The number of methoxy groups -OCH3 is 1. The standard InChI is InChI=1S/C12H12O4/c1-16-10(15)9-6-11(7-13)2-4-12(9,8-14)5-3-11/h2-5,7-9H,6H2,1H3. The highest BCUT2D eigenvalue weighted by Crippen LogP contribution is 2.49. The molecule has 0 aromatic heterocycles. The van der Waals surface area contributed by atoms with Crippen LogP contribution in [0.4, 0.5) is 0 Å². The molecule has 1 unspecified atom stereocenters. The third-order valence-electron chi connectivity index (χ3n) is 3.44. The van der Waals surface area contributed by atoms with Crippen molar-refractivity contribution in [1.82, 2.24) is 0 Å². The van der Waals surface area contributed by atoms with Crippen LogP contribution in [-0.4, -0.2) is 25.7 Å². The summed E-state index contributed by atoms with van der Waals surface area (Å²) in [5.41, 5.74) is -1.68. The lowest BCUT2D eigenvalue weighted by atomic mass is 9.58. The lowest BCUT2D eigenvalue weighted by Gasteiger charge is -2.43. The van der Waals surface area contributed by atoms with Crippen LogP contribution in [0.1, 0.15) is 6.42 Å². The van der Waals surface area contributed by atoms with Crippen LogP contribution < -0.4 is 0 Å². The number of hydrogen-bond acceptors (Lipinski definition) is 4. The van der Waals surface area contributed by atoms with Gasteiger partial charge in [-0.15, -0.1) is 0 Å². The highest BCUT2D eigenvalue weighted by molar-refractivity contribution is 5.86. The number of carbonyl (C=O) groups excluding carboxylic acids is 3. The highest BCUT2D eigenvalue weighted by Gasteiger charge is 2.51. The normalized spacial score (nSPS) is 39.4. The molecule has 84 valence electrons. The Hall–Kier alpha value is -1.71. The Bertz CT molecular complexity index is 391. The summed E-state index contributed by atoms with van der Waals surface area (Å²) in [7, 11) is 1.28. The van der Waals surface area contributed by atoms with E-state index in [-0.39, 0.29) is 0 Å². The molecule has 0 amide bonds. The van der Waals surface area contributed by atoms with Crippen LogP contribution in [0, 0.1) is 16.7 Å². The molecule has 16 heavy (non-hydrogen) atoms. The fourth-order valence-electron chi connectivity index (χ4n) is 2.33. The number of esters is 1. The fourth-order valence-corrected chi connectivity index (χ4v) is 2.33. The van der Waals surface area contributed by atoms with Crippen LogP contribution in [0.2, 0.25) is 0 Å². The summed E-state index contributed by atoms with van der Waals surface area (Å²) in [4.78, 5) is 33.8. The summed E-state index contributed by atoms with van der Waals surface area (Å²) in [5.74, 6) is -1.05. The van der Waals surface area contributed by atoms with Gasteiger partial charge in [0, 0.05) is 0 Å². The van der Waals surface area contributed by atoms with Gasteiger partial charge in [0.1, 0.15) is 12.6 Å². The van der Waals surface area contributed by atoms with E-state index in [0.717, 1.165) is 12.6 Å². The number of ether oxygens (including phenoxy) is 1. The number of allylic oxidation sites excluding steroid dienone is 4. The quantitative estimate of drug-likeness (QED) is 0.398. The summed E-state index contributed by atoms with van der Waals surface area (Å²) in [6, 6.07) is 0. The molecule has 0 N–H and O–H groups in total. The van der Waals surface area contributed by atoms with Crippen LogP contribution in [0.15, 0.2) is 24.3 Å². The van der Waals surface area contributed by atoms with E-state index >= 15 is 0 Å². The molecule has 0 spiro atoms. The molecule has 0 radical (unpaired) electrons. The van der Waals surface area contributed by atoms with Crippen LogP contribution >= 0.6 is 0 Å². The predicted octanol–water partition coefficient (Wildman–Crippen LogP) is 0.676. The summed E-state index contributed by atoms with van der Waals surface area (Å²) >= 11 is 0. The lowest BCUT2D eigenvalue weighted by Crippen LogP contribution is -2.46. The van der Waals surface area contributed by atoms with Crippen molar-refractivity contribution in [2.24, 2.45) is 16.7 Å². The third kappa shape index (κ3) is 1.26. The van der Waals surface area contributed by atoms with Gasteiger partial charge in [-0.2, -0.15) is 0 Å². The van der Waals surface area contributed by atoms with E-state index in [9.17, 15) is 14.4 Å². The van der Waals surface area contributed by atoms with Crippen molar-refractivity contribution in [2.45, 2.75) is 6.42 Å². The number of fused-ring (bicyclic) bond motifs is 1. The maximum absolute atomic E-state index is 11.6. The van der Waals surface area contributed by atoms with E-state index in [0.29, 0.717) is 6.42 Å². The van der Waals surface area contributed by atoms with Crippen molar-refractivity contribution in [3.63, 3.8) is 0 Å². The second-order valence-electron chi connectivity index (χ2n) is 4.29. The molecule has 1 atom stereocenters. The van der Waals surface area contributed by atoms with Crippen molar-refractivity contribution < 1.29 is 19.1 Å². The Morgan fingerprint density at radius 2 is 1.88 bits per heavy atom. The molecule has 0 aromatic carbocycles. The Kier molecular flexibility index (Phi) is 2.30. The monoisotopic (exact) mass is 220 g/mol. The zero-order valence-corrected chi connectivity index (χ0v) is 8.88. The first-order valence-electron chi connectivity index (χ1n) is 5.03. The summed E-state index contributed by atoms with van der Waals surface area (Å²) in [5, 5.41) is 0. The van der Waals surface area contributed by atoms with Gasteiger partial charge in [0.15, 0.2) is 0 Å². The van der Waals surface area contributed by atoms with Gasteiger partial charge in [-0.25, -0.2) is 0 Å². The molecule has 0 saturated carbocycles. The number of carbonyl (C=O) groups is 3. The zero-order valence-electron chi connectivity index (χ0n) is 8.88. The zero-order chi connectivity index (χ0) is 11.8. The summed E-state index contributed by atoms with van der Waals surface area (Å²) in [6.07, 6.45) is 8.45. The SMILES string of the molecule is COC(=O)C1CC2(C=O)C=CC1(C=O)C=C2. The van der Waals surface area contributed by atoms with Crippen molar-refractivity contribution in [3.8, 4) is 0 Å². The van der Waals surface area contributed by atoms with Gasteiger partial charge in [0.25, 0.3) is 0 Å². The summed E-state index contributed by atoms with van der Waals surface area (Å²) < 4.78 is 4.68. The van der Waals surface area contributed by atoms with Crippen LogP contribution in [0.5, 0.6) is 0 Å². The smallest absolute Gasteiger partial charge is 0.310 e. The second kappa shape index (κ2) is 3.40. The van der Waals surface area contributed by atoms with Gasteiger partial charge in [-0.05, 0) is 6.42 Å². The van der Waals surface area contributed by atoms with Crippen LogP contribution in [0.3, 0.4) is 0 Å². The first kappa shape index (κ1) is 10.8. The fraction of sp³-hybridized carbons (Fsp3) is 0.417. The molecule has 0 heterocycles. The molecule has 2 bridgehead atoms. The first-order chi connectivity index (χ1) is 7.61. The molecular formula is C12H12O4. The Morgan fingerprint density at radius 1 is 1.25 bits per heavy atom. The van der Waals surface area contributed by atoms with E-state index in [1.165, 1.54) is 7.11 Å². The van der Waals surface area contributed by atoms with Crippen LogP contribution in [0.25, 0.3) is 0 Å². The van der Waals surface area contributed by atoms with Crippen molar-refractivity contribution in [3.05, 3.63) is 24.3 Å². The second-order valence-corrected chi connectivity index (χ2v) is 4.29. The average molecular weight is 220 g/mol. The number of aldehydes is 2. The molecule has 3 aliphatic carbocycles. The van der Waals surface area contributed by atoms with Gasteiger partial charge in [0.05, 0.1) is 23.9 Å². The molecule has 4 nitrogen and oxygen atoms in total. The minimum atomic E-state index is -0.933. The molecule has 3 rings (SSSR count). The molecule has 0 aliphatic heterocycles. The molecule has 4 heteroatoms. The van der Waals surface area contributed by atoms with E-state index < -0.39 is 22.7 Å². The molecule has 0 fully saturated rings. The summed E-state index contributed by atoms with van der Waals surface area (Å²) in [6.45, 7) is 0. The van der Waals surface area contributed by atoms with Gasteiger partial charge < -0.3 is 14.3 Å². The molecular weight excluding hydrogens is 208 g/mol. The molecule has 0 aromatic rings. The van der Waals surface area contributed by atoms with Crippen molar-refractivity contribution in [2.75, 3.05) is 7.11 Å². The molecule has 0 saturated heterocycles.